The highest BCUT2D eigenvalue weighted by Gasteiger charge is 2.38. The Labute approximate surface area is 213 Å². The first kappa shape index (κ1) is 22.5. The van der Waals surface area contributed by atoms with Crippen LogP contribution in [0.25, 0.3) is 22.0 Å². The molecular formula is C25H28BrClN6O. The van der Waals surface area contributed by atoms with Crippen LogP contribution in [0.5, 0.6) is 6.01 Å². The number of nitrogens with zero attached hydrogens (tertiary/aromatic N) is 5. The molecule has 3 aromatic rings. The molecular weight excluding hydrogens is 516 g/mol. The standard InChI is InChI=1S/C25H28BrClN6O/c1-32-8-2-3-18(32)14-34-25-30-22-9-15(20-12-29-13-21(26)23(20)27)4-7-19(22)24(31-25)33-16-5-6-17(33)11-28-10-16/h4,7,9,12-13,16-18,28H,2-3,5-6,8,10-11,14H2,1H3/t16-,17+,18-/m0/s1. The highest BCUT2D eigenvalue weighted by Crippen LogP contribution is 2.39. The second-order valence-electron chi connectivity index (χ2n) is 9.58. The third-order valence-corrected chi connectivity index (χ3v) is 8.74. The Balaban J connectivity index is 1.43. The molecule has 3 atom stereocenters. The monoisotopic (exact) mass is 542 g/mol. The summed E-state index contributed by atoms with van der Waals surface area (Å²) in [7, 11) is 2.16. The summed E-state index contributed by atoms with van der Waals surface area (Å²) in [5, 5.41) is 5.26. The number of pyridine rings is 1. The number of likely N-dealkylation sites (N-methyl/N-ethyl adjacent to an activating group) is 1. The van der Waals surface area contributed by atoms with E-state index in [-0.39, 0.29) is 0 Å². The lowest BCUT2D eigenvalue weighted by Gasteiger charge is -2.37. The molecule has 0 saturated carbocycles. The molecule has 0 unspecified atom stereocenters. The van der Waals surface area contributed by atoms with Gasteiger partial charge in [-0.2, -0.15) is 9.97 Å². The molecule has 34 heavy (non-hydrogen) atoms. The number of rotatable bonds is 5. The van der Waals surface area contributed by atoms with Crippen molar-refractivity contribution in [2.24, 2.45) is 0 Å². The fraction of sp³-hybridized carbons (Fsp3) is 0.480. The molecule has 0 aliphatic carbocycles. The highest BCUT2D eigenvalue weighted by atomic mass is 79.9. The number of anilines is 1. The minimum Gasteiger partial charge on any atom is -0.462 e. The number of ether oxygens (including phenoxy) is 1. The molecule has 178 valence electrons. The normalized spacial score (nSPS) is 24.8. The summed E-state index contributed by atoms with van der Waals surface area (Å²) in [6.45, 7) is 3.70. The molecule has 2 aromatic heterocycles. The van der Waals surface area contributed by atoms with Crippen molar-refractivity contribution in [2.75, 3.05) is 38.2 Å². The molecule has 0 spiro atoms. The Morgan fingerprint density at radius 1 is 1.15 bits per heavy atom. The van der Waals surface area contributed by atoms with Gasteiger partial charge in [-0.05, 0) is 72.9 Å². The van der Waals surface area contributed by atoms with Crippen molar-refractivity contribution in [3.63, 3.8) is 0 Å². The van der Waals surface area contributed by atoms with E-state index in [1.54, 1.807) is 12.4 Å². The van der Waals surface area contributed by atoms with Gasteiger partial charge in [0.15, 0.2) is 0 Å². The van der Waals surface area contributed by atoms with Crippen LogP contribution in [0.15, 0.2) is 35.1 Å². The van der Waals surface area contributed by atoms with Crippen LogP contribution in [0.4, 0.5) is 5.82 Å². The van der Waals surface area contributed by atoms with E-state index in [9.17, 15) is 0 Å². The zero-order chi connectivity index (χ0) is 23.2. The topological polar surface area (TPSA) is 66.4 Å². The van der Waals surface area contributed by atoms with Gasteiger partial charge in [0.25, 0.3) is 0 Å². The summed E-state index contributed by atoms with van der Waals surface area (Å²) in [4.78, 5) is 19.0. The van der Waals surface area contributed by atoms with Crippen LogP contribution in [0.1, 0.15) is 25.7 Å². The lowest BCUT2D eigenvalue weighted by molar-refractivity contribution is 0.188. The molecule has 0 amide bonds. The Morgan fingerprint density at radius 3 is 2.74 bits per heavy atom. The fourth-order valence-electron chi connectivity index (χ4n) is 5.63. The number of likely N-dealkylation sites (tertiary alicyclic amines) is 1. The summed E-state index contributed by atoms with van der Waals surface area (Å²) in [6.07, 6.45) is 8.23. The quantitative estimate of drug-likeness (QED) is 0.507. The molecule has 7 nitrogen and oxygen atoms in total. The first-order chi connectivity index (χ1) is 16.6. The lowest BCUT2D eigenvalue weighted by atomic mass is 10.0. The molecule has 2 bridgehead atoms. The maximum atomic E-state index is 6.58. The van der Waals surface area contributed by atoms with Gasteiger partial charge >= 0.3 is 6.01 Å². The Kier molecular flexibility index (Phi) is 6.09. The molecule has 1 N–H and O–H groups in total. The van der Waals surface area contributed by atoms with E-state index in [0.717, 1.165) is 58.4 Å². The summed E-state index contributed by atoms with van der Waals surface area (Å²) in [5.74, 6) is 0.985. The van der Waals surface area contributed by atoms with E-state index >= 15 is 0 Å². The maximum Gasteiger partial charge on any atom is 0.319 e. The number of halogens is 2. The maximum absolute atomic E-state index is 6.58. The van der Waals surface area contributed by atoms with Crippen LogP contribution in [0.3, 0.4) is 0 Å². The number of hydrogen-bond acceptors (Lipinski definition) is 7. The number of piperazine rings is 1. The predicted octanol–water partition coefficient (Wildman–Crippen LogP) is 4.52. The summed E-state index contributed by atoms with van der Waals surface area (Å²) < 4.78 is 7.00. The van der Waals surface area contributed by atoms with Crippen LogP contribution < -0.4 is 15.0 Å². The zero-order valence-corrected chi connectivity index (χ0v) is 21.5. The van der Waals surface area contributed by atoms with Gasteiger partial charge in [-0.15, -0.1) is 0 Å². The molecule has 3 aliphatic heterocycles. The van der Waals surface area contributed by atoms with Gasteiger partial charge < -0.3 is 19.9 Å². The van der Waals surface area contributed by atoms with Gasteiger partial charge in [-0.25, -0.2) is 0 Å². The van der Waals surface area contributed by atoms with E-state index < -0.39 is 0 Å². The number of fused-ring (bicyclic) bond motifs is 3. The van der Waals surface area contributed by atoms with E-state index in [2.05, 4.69) is 61.3 Å². The molecule has 5 heterocycles. The third-order valence-electron chi connectivity index (χ3n) is 7.51. The Hall–Kier alpha value is -2.00. The summed E-state index contributed by atoms with van der Waals surface area (Å²) in [5.41, 5.74) is 2.71. The average Bonchev–Trinajstić information content (AvgIpc) is 3.36. The molecule has 3 fully saturated rings. The number of hydrogen-bond donors (Lipinski definition) is 1. The van der Waals surface area contributed by atoms with Crippen LogP contribution in [-0.4, -0.2) is 71.3 Å². The largest absolute Gasteiger partial charge is 0.462 e. The Morgan fingerprint density at radius 2 is 1.97 bits per heavy atom. The van der Waals surface area contributed by atoms with Crippen molar-refractivity contribution < 1.29 is 4.74 Å². The molecule has 1 aromatic carbocycles. The summed E-state index contributed by atoms with van der Waals surface area (Å²) in [6, 6.07) is 8.06. The molecule has 0 radical (unpaired) electrons. The number of benzene rings is 1. The van der Waals surface area contributed by atoms with Gasteiger partial charge in [0, 0.05) is 54.6 Å². The van der Waals surface area contributed by atoms with Gasteiger partial charge in [0.2, 0.25) is 0 Å². The molecule has 3 saturated heterocycles. The third kappa shape index (κ3) is 4.04. The van der Waals surface area contributed by atoms with Gasteiger partial charge in [0.05, 0.1) is 15.0 Å². The van der Waals surface area contributed by atoms with E-state index in [1.165, 1.54) is 19.3 Å². The van der Waals surface area contributed by atoms with Crippen molar-refractivity contribution in [1.82, 2.24) is 25.2 Å². The van der Waals surface area contributed by atoms with E-state index in [0.29, 0.717) is 35.8 Å². The second-order valence-corrected chi connectivity index (χ2v) is 10.8. The predicted molar refractivity (Wildman–Crippen MR) is 139 cm³/mol. The van der Waals surface area contributed by atoms with Crippen molar-refractivity contribution in [2.45, 2.75) is 43.8 Å². The number of aromatic nitrogens is 3. The first-order valence-electron chi connectivity index (χ1n) is 12.0. The van der Waals surface area contributed by atoms with Crippen molar-refractivity contribution in [1.29, 1.82) is 0 Å². The van der Waals surface area contributed by atoms with Crippen LogP contribution in [-0.2, 0) is 0 Å². The summed E-state index contributed by atoms with van der Waals surface area (Å²) >= 11 is 10.1. The smallest absolute Gasteiger partial charge is 0.319 e. The fourth-order valence-corrected chi connectivity index (χ4v) is 6.16. The van der Waals surface area contributed by atoms with Gasteiger partial charge in [-0.3, -0.25) is 4.98 Å². The minimum absolute atomic E-state index is 0.413. The van der Waals surface area contributed by atoms with Gasteiger partial charge in [-0.1, -0.05) is 17.7 Å². The minimum atomic E-state index is 0.413. The zero-order valence-electron chi connectivity index (χ0n) is 19.2. The SMILES string of the molecule is CN1CCC[C@H]1COc1nc(N2[C@@H]3CC[C@H]2CNC3)c2ccc(-c3cncc(Br)c3Cl)cc2n1. The first-order valence-corrected chi connectivity index (χ1v) is 13.2. The highest BCUT2D eigenvalue weighted by molar-refractivity contribution is 9.10. The molecule has 6 rings (SSSR count). The molecule has 9 heteroatoms. The Bertz CT molecular complexity index is 1210. The van der Waals surface area contributed by atoms with Crippen LogP contribution >= 0.6 is 27.5 Å². The molecule has 3 aliphatic rings. The second kappa shape index (κ2) is 9.22. The van der Waals surface area contributed by atoms with Crippen molar-refractivity contribution in [3.8, 4) is 17.1 Å². The van der Waals surface area contributed by atoms with Crippen molar-refractivity contribution in [3.05, 3.63) is 40.1 Å². The number of nitrogens with one attached hydrogen (secondary N) is 1. The van der Waals surface area contributed by atoms with E-state index in [1.807, 2.05) is 0 Å². The lowest BCUT2D eigenvalue weighted by Crippen LogP contribution is -2.52. The van der Waals surface area contributed by atoms with Crippen molar-refractivity contribution >= 4 is 44.3 Å². The van der Waals surface area contributed by atoms with Gasteiger partial charge in [0.1, 0.15) is 12.4 Å². The van der Waals surface area contributed by atoms with E-state index in [4.69, 9.17) is 26.3 Å². The van der Waals surface area contributed by atoms with Crippen LogP contribution in [0.2, 0.25) is 5.02 Å². The average molecular weight is 544 g/mol. The van der Waals surface area contributed by atoms with Crippen LogP contribution in [0, 0.1) is 0 Å².